The molecule has 0 aromatic heterocycles. The minimum absolute atomic E-state index is 0.194. The number of anilines is 1. The van der Waals surface area contributed by atoms with E-state index in [0.29, 0.717) is 18.5 Å². The fourth-order valence-electron chi connectivity index (χ4n) is 2.31. The van der Waals surface area contributed by atoms with Gasteiger partial charge in [-0.25, -0.2) is 4.79 Å². The standard InChI is InChI=1S/C15H20N2O3/c1-20-15(19)12-5-4-6-13(11-12)16-8-7-14(18)17-9-2-3-10-17/h4-6,11,16H,2-3,7-10H2,1H3. The molecule has 1 N–H and O–H groups in total. The average Bonchev–Trinajstić information content (AvgIpc) is 3.01. The summed E-state index contributed by atoms with van der Waals surface area (Å²) < 4.78 is 4.67. The van der Waals surface area contributed by atoms with Gasteiger partial charge in [0.15, 0.2) is 0 Å². The minimum atomic E-state index is -0.359. The zero-order chi connectivity index (χ0) is 14.4. The number of likely N-dealkylation sites (tertiary alicyclic amines) is 1. The predicted octanol–water partition coefficient (Wildman–Crippen LogP) is 1.90. The lowest BCUT2D eigenvalue weighted by atomic mass is 10.2. The molecule has 1 aromatic rings. The van der Waals surface area contributed by atoms with Crippen LogP contribution in [-0.2, 0) is 9.53 Å². The van der Waals surface area contributed by atoms with Crippen molar-refractivity contribution in [2.45, 2.75) is 19.3 Å². The van der Waals surface area contributed by atoms with E-state index < -0.39 is 0 Å². The van der Waals surface area contributed by atoms with Crippen molar-refractivity contribution < 1.29 is 14.3 Å². The smallest absolute Gasteiger partial charge is 0.337 e. The summed E-state index contributed by atoms with van der Waals surface area (Å²) in [5, 5.41) is 3.16. The normalized spacial score (nSPS) is 14.2. The molecule has 1 aliphatic rings. The first-order valence-corrected chi connectivity index (χ1v) is 6.91. The lowest BCUT2D eigenvalue weighted by Gasteiger charge is -2.15. The van der Waals surface area contributed by atoms with Crippen molar-refractivity contribution in [2.75, 3.05) is 32.1 Å². The predicted molar refractivity (Wildman–Crippen MR) is 76.7 cm³/mol. The molecule has 1 heterocycles. The van der Waals surface area contributed by atoms with Crippen LogP contribution in [0.3, 0.4) is 0 Å². The SMILES string of the molecule is COC(=O)c1cccc(NCCC(=O)N2CCCC2)c1. The maximum absolute atomic E-state index is 11.9. The van der Waals surface area contributed by atoms with Crippen LogP contribution in [-0.4, -0.2) is 43.5 Å². The maximum Gasteiger partial charge on any atom is 0.337 e. The number of benzene rings is 1. The minimum Gasteiger partial charge on any atom is -0.465 e. The molecule has 5 nitrogen and oxygen atoms in total. The first-order valence-electron chi connectivity index (χ1n) is 6.91. The average molecular weight is 276 g/mol. The van der Waals surface area contributed by atoms with Crippen LogP contribution in [0.1, 0.15) is 29.6 Å². The highest BCUT2D eigenvalue weighted by atomic mass is 16.5. The van der Waals surface area contributed by atoms with Gasteiger partial charge in [-0.15, -0.1) is 0 Å². The first kappa shape index (κ1) is 14.4. The Morgan fingerprint density at radius 1 is 1.30 bits per heavy atom. The largest absolute Gasteiger partial charge is 0.465 e. The van der Waals surface area contributed by atoms with E-state index in [1.54, 1.807) is 18.2 Å². The van der Waals surface area contributed by atoms with Gasteiger partial charge in [0, 0.05) is 31.7 Å². The molecule has 108 valence electrons. The molecule has 5 heteroatoms. The molecule has 1 aliphatic heterocycles. The fourth-order valence-corrected chi connectivity index (χ4v) is 2.31. The molecule has 0 bridgehead atoms. The van der Waals surface area contributed by atoms with Crippen LogP contribution in [0.2, 0.25) is 0 Å². The van der Waals surface area contributed by atoms with Gasteiger partial charge >= 0.3 is 5.97 Å². The summed E-state index contributed by atoms with van der Waals surface area (Å²) >= 11 is 0. The number of amides is 1. The van der Waals surface area contributed by atoms with Crippen LogP contribution in [0.15, 0.2) is 24.3 Å². The van der Waals surface area contributed by atoms with Gasteiger partial charge in [-0.05, 0) is 31.0 Å². The van der Waals surface area contributed by atoms with E-state index in [9.17, 15) is 9.59 Å². The van der Waals surface area contributed by atoms with Crippen LogP contribution in [0.25, 0.3) is 0 Å². The van der Waals surface area contributed by atoms with E-state index in [1.165, 1.54) is 7.11 Å². The summed E-state index contributed by atoms with van der Waals surface area (Å²) in [5.41, 5.74) is 1.32. The Morgan fingerprint density at radius 2 is 2.05 bits per heavy atom. The Hall–Kier alpha value is -2.04. The van der Waals surface area contributed by atoms with E-state index in [-0.39, 0.29) is 11.9 Å². The van der Waals surface area contributed by atoms with Crippen molar-refractivity contribution in [1.29, 1.82) is 0 Å². The molecule has 20 heavy (non-hydrogen) atoms. The molecular formula is C15H20N2O3. The Kier molecular flexibility index (Phi) is 4.98. The third kappa shape index (κ3) is 3.73. The number of carbonyl (C=O) groups is 2. The van der Waals surface area contributed by atoms with Gasteiger partial charge in [-0.3, -0.25) is 4.79 Å². The Bertz CT molecular complexity index is 482. The third-order valence-electron chi connectivity index (χ3n) is 3.41. The fraction of sp³-hybridized carbons (Fsp3) is 0.467. The Labute approximate surface area is 118 Å². The Morgan fingerprint density at radius 3 is 2.75 bits per heavy atom. The second-order valence-corrected chi connectivity index (χ2v) is 4.84. The van der Waals surface area contributed by atoms with E-state index in [0.717, 1.165) is 31.6 Å². The van der Waals surface area contributed by atoms with Gasteiger partial charge < -0.3 is 15.0 Å². The second-order valence-electron chi connectivity index (χ2n) is 4.84. The molecule has 0 aliphatic carbocycles. The number of nitrogens with zero attached hydrogens (tertiary/aromatic N) is 1. The molecule has 2 rings (SSSR count). The highest BCUT2D eigenvalue weighted by Gasteiger charge is 2.17. The molecule has 0 unspecified atom stereocenters. The lowest BCUT2D eigenvalue weighted by molar-refractivity contribution is -0.129. The van der Waals surface area contributed by atoms with Crippen molar-refractivity contribution in [1.82, 2.24) is 4.90 Å². The molecule has 0 radical (unpaired) electrons. The highest BCUT2D eigenvalue weighted by molar-refractivity contribution is 5.90. The van der Waals surface area contributed by atoms with Gasteiger partial charge in [0.2, 0.25) is 5.91 Å². The quantitative estimate of drug-likeness (QED) is 0.834. The molecule has 1 aromatic carbocycles. The van der Waals surface area contributed by atoms with Crippen molar-refractivity contribution in [3.8, 4) is 0 Å². The Balaban J connectivity index is 1.81. The van der Waals surface area contributed by atoms with Crippen LogP contribution in [0.5, 0.6) is 0 Å². The van der Waals surface area contributed by atoms with Crippen LogP contribution < -0.4 is 5.32 Å². The highest BCUT2D eigenvalue weighted by Crippen LogP contribution is 2.12. The second kappa shape index (κ2) is 6.93. The van der Waals surface area contributed by atoms with Crippen LogP contribution >= 0.6 is 0 Å². The number of ether oxygens (including phenoxy) is 1. The van der Waals surface area contributed by atoms with E-state index in [4.69, 9.17) is 0 Å². The van der Waals surface area contributed by atoms with Gasteiger partial charge in [0.25, 0.3) is 0 Å². The summed E-state index contributed by atoms with van der Waals surface area (Å²) in [6.45, 7) is 2.34. The molecule has 0 saturated carbocycles. The zero-order valence-corrected chi connectivity index (χ0v) is 11.7. The molecule has 0 spiro atoms. The van der Waals surface area contributed by atoms with E-state index in [2.05, 4.69) is 10.1 Å². The number of hydrogen-bond acceptors (Lipinski definition) is 4. The van der Waals surface area contributed by atoms with Crippen molar-refractivity contribution >= 4 is 17.6 Å². The first-order chi connectivity index (χ1) is 9.70. The number of carbonyl (C=O) groups excluding carboxylic acids is 2. The maximum atomic E-state index is 11.9. The summed E-state index contributed by atoms with van der Waals surface area (Å²) in [5.74, 6) is -0.166. The molecular weight excluding hydrogens is 256 g/mol. The topological polar surface area (TPSA) is 58.6 Å². The van der Waals surface area contributed by atoms with Crippen molar-refractivity contribution in [3.63, 3.8) is 0 Å². The summed E-state index contributed by atoms with van der Waals surface area (Å²) in [4.78, 5) is 25.2. The molecule has 1 amide bonds. The summed E-state index contributed by atoms with van der Waals surface area (Å²) in [6.07, 6.45) is 2.70. The van der Waals surface area contributed by atoms with Crippen LogP contribution in [0, 0.1) is 0 Å². The number of methoxy groups -OCH3 is 1. The molecule has 1 fully saturated rings. The van der Waals surface area contributed by atoms with Crippen molar-refractivity contribution in [2.24, 2.45) is 0 Å². The van der Waals surface area contributed by atoms with E-state index >= 15 is 0 Å². The van der Waals surface area contributed by atoms with E-state index in [1.807, 2.05) is 11.0 Å². The summed E-state index contributed by atoms with van der Waals surface area (Å²) in [6, 6.07) is 7.09. The zero-order valence-electron chi connectivity index (χ0n) is 11.7. The third-order valence-corrected chi connectivity index (χ3v) is 3.41. The number of hydrogen-bond donors (Lipinski definition) is 1. The number of esters is 1. The number of rotatable bonds is 5. The molecule has 0 atom stereocenters. The molecule has 1 saturated heterocycles. The van der Waals surface area contributed by atoms with Gasteiger partial charge in [-0.1, -0.05) is 6.07 Å². The monoisotopic (exact) mass is 276 g/mol. The van der Waals surface area contributed by atoms with Gasteiger partial charge in [0.1, 0.15) is 0 Å². The summed E-state index contributed by atoms with van der Waals surface area (Å²) in [7, 11) is 1.36. The lowest BCUT2D eigenvalue weighted by Crippen LogP contribution is -2.29. The van der Waals surface area contributed by atoms with Crippen LogP contribution in [0.4, 0.5) is 5.69 Å². The van der Waals surface area contributed by atoms with Gasteiger partial charge in [0.05, 0.1) is 12.7 Å². The van der Waals surface area contributed by atoms with Gasteiger partial charge in [-0.2, -0.15) is 0 Å². The number of nitrogens with one attached hydrogen (secondary N) is 1. The van der Waals surface area contributed by atoms with Crippen molar-refractivity contribution in [3.05, 3.63) is 29.8 Å².